The fourth-order valence-electron chi connectivity index (χ4n) is 4.36. The van der Waals surface area contributed by atoms with Crippen LogP contribution in [0.1, 0.15) is 55.6 Å². The second-order valence-corrected chi connectivity index (χ2v) is 7.74. The predicted octanol–water partition coefficient (Wildman–Crippen LogP) is 2.71. The van der Waals surface area contributed by atoms with Crippen LogP contribution in [-0.2, 0) is 0 Å². The molecule has 4 nitrogen and oxygen atoms in total. The molecule has 3 rings (SSSR count). The lowest BCUT2D eigenvalue weighted by Gasteiger charge is -2.51. The number of rotatable bonds is 4. The summed E-state index contributed by atoms with van der Waals surface area (Å²) < 4.78 is 0. The van der Waals surface area contributed by atoms with Crippen molar-refractivity contribution >= 4 is 6.29 Å². The quantitative estimate of drug-likeness (QED) is 0.862. The van der Waals surface area contributed by atoms with Crippen LogP contribution in [0.25, 0.3) is 0 Å². The molecule has 0 bridgehead atoms. The molecule has 2 aliphatic heterocycles. The molecule has 24 heavy (non-hydrogen) atoms. The van der Waals surface area contributed by atoms with E-state index in [1.165, 1.54) is 18.4 Å². The van der Waals surface area contributed by atoms with Crippen LogP contribution in [0, 0.1) is 0 Å². The predicted molar refractivity (Wildman–Crippen MR) is 98.5 cm³/mol. The normalized spacial score (nSPS) is 26.9. The van der Waals surface area contributed by atoms with Gasteiger partial charge < -0.3 is 5.32 Å². The van der Waals surface area contributed by atoms with Gasteiger partial charge in [0, 0.05) is 42.8 Å². The van der Waals surface area contributed by atoms with E-state index in [4.69, 9.17) is 0 Å². The van der Waals surface area contributed by atoms with Crippen molar-refractivity contribution in [2.45, 2.75) is 51.2 Å². The Labute approximate surface area is 146 Å². The molecule has 0 aliphatic carbocycles. The van der Waals surface area contributed by atoms with Crippen molar-refractivity contribution in [2.24, 2.45) is 0 Å². The summed E-state index contributed by atoms with van der Waals surface area (Å²) in [5, 5.41) is 3.49. The number of piperazine rings is 1. The van der Waals surface area contributed by atoms with Gasteiger partial charge in [-0.2, -0.15) is 0 Å². The van der Waals surface area contributed by atoms with Crippen LogP contribution < -0.4 is 5.32 Å². The Balaban J connectivity index is 1.65. The molecule has 4 heteroatoms. The van der Waals surface area contributed by atoms with E-state index in [2.05, 4.69) is 48.0 Å². The van der Waals surface area contributed by atoms with Crippen molar-refractivity contribution in [3.05, 3.63) is 35.4 Å². The summed E-state index contributed by atoms with van der Waals surface area (Å²) in [6.07, 6.45) is 3.42. The molecule has 2 aliphatic rings. The molecule has 2 saturated heterocycles. The van der Waals surface area contributed by atoms with Gasteiger partial charge in [-0.05, 0) is 52.3 Å². The highest BCUT2D eigenvalue weighted by Crippen LogP contribution is 2.31. The Bertz CT molecular complexity index is 551. The third-order valence-electron chi connectivity index (χ3n) is 6.18. The standard InChI is InChI=1S/C20H31N3O/c1-16-14-22(20(3)8-10-21-11-9-20)12-13-23(16)17(2)19-6-4-18(15-24)5-7-19/h4-7,15-17,21H,8-14H2,1-3H3/t16-,17-/m0/s1. The molecule has 1 aromatic carbocycles. The Kier molecular flexibility index (Phi) is 5.38. The summed E-state index contributed by atoms with van der Waals surface area (Å²) in [6.45, 7) is 12.8. The van der Waals surface area contributed by atoms with Crippen LogP contribution in [0.3, 0.4) is 0 Å². The topological polar surface area (TPSA) is 35.6 Å². The van der Waals surface area contributed by atoms with Gasteiger partial charge in [-0.1, -0.05) is 24.3 Å². The van der Waals surface area contributed by atoms with Gasteiger partial charge in [-0.3, -0.25) is 14.6 Å². The molecule has 0 radical (unpaired) electrons. The first-order chi connectivity index (χ1) is 11.5. The highest BCUT2D eigenvalue weighted by Gasteiger charge is 2.38. The molecular weight excluding hydrogens is 298 g/mol. The van der Waals surface area contributed by atoms with E-state index in [1.54, 1.807) is 0 Å². The van der Waals surface area contributed by atoms with E-state index in [1.807, 2.05) is 12.1 Å². The van der Waals surface area contributed by atoms with Crippen molar-refractivity contribution in [1.29, 1.82) is 0 Å². The molecule has 1 N–H and O–H groups in total. The number of nitrogens with one attached hydrogen (secondary N) is 1. The van der Waals surface area contributed by atoms with Crippen molar-refractivity contribution in [3.8, 4) is 0 Å². The molecule has 2 atom stereocenters. The average Bonchev–Trinajstić information content (AvgIpc) is 2.62. The molecule has 1 aromatic rings. The molecule has 0 aromatic heterocycles. The van der Waals surface area contributed by atoms with Crippen LogP contribution >= 0.6 is 0 Å². The molecule has 2 heterocycles. The van der Waals surface area contributed by atoms with Crippen LogP contribution in [0.2, 0.25) is 0 Å². The number of benzene rings is 1. The Hall–Kier alpha value is -1.23. The molecule has 0 unspecified atom stereocenters. The van der Waals surface area contributed by atoms with E-state index in [9.17, 15) is 4.79 Å². The maximum absolute atomic E-state index is 10.8. The monoisotopic (exact) mass is 329 g/mol. The van der Waals surface area contributed by atoms with E-state index in [0.717, 1.165) is 44.6 Å². The van der Waals surface area contributed by atoms with Gasteiger partial charge in [0.2, 0.25) is 0 Å². The van der Waals surface area contributed by atoms with Crippen molar-refractivity contribution in [1.82, 2.24) is 15.1 Å². The van der Waals surface area contributed by atoms with Crippen molar-refractivity contribution in [3.63, 3.8) is 0 Å². The fraction of sp³-hybridized carbons (Fsp3) is 0.650. The second-order valence-electron chi connectivity index (χ2n) is 7.74. The van der Waals surface area contributed by atoms with Crippen LogP contribution in [0.15, 0.2) is 24.3 Å². The van der Waals surface area contributed by atoms with Gasteiger partial charge in [0.05, 0.1) is 0 Å². The first-order valence-corrected chi connectivity index (χ1v) is 9.30. The van der Waals surface area contributed by atoms with Gasteiger partial charge in [-0.15, -0.1) is 0 Å². The van der Waals surface area contributed by atoms with Crippen LogP contribution in [-0.4, -0.2) is 60.4 Å². The number of piperidine rings is 1. The maximum Gasteiger partial charge on any atom is 0.150 e. The number of nitrogens with zero attached hydrogens (tertiary/aromatic N) is 2. The third kappa shape index (κ3) is 3.56. The highest BCUT2D eigenvalue weighted by atomic mass is 16.1. The summed E-state index contributed by atoms with van der Waals surface area (Å²) in [7, 11) is 0. The lowest BCUT2D eigenvalue weighted by molar-refractivity contribution is -0.0158. The first-order valence-electron chi connectivity index (χ1n) is 9.30. The fourth-order valence-corrected chi connectivity index (χ4v) is 4.36. The number of carbonyl (C=O) groups excluding carboxylic acids is 1. The molecule has 2 fully saturated rings. The van der Waals surface area contributed by atoms with E-state index >= 15 is 0 Å². The Morgan fingerprint density at radius 3 is 2.46 bits per heavy atom. The number of hydrogen-bond donors (Lipinski definition) is 1. The smallest absolute Gasteiger partial charge is 0.150 e. The zero-order valence-electron chi connectivity index (χ0n) is 15.3. The Morgan fingerprint density at radius 2 is 1.88 bits per heavy atom. The number of hydrogen-bond acceptors (Lipinski definition) is 4. The summed E-state index contributed by atoms with van der Waals surface area (Å²) in [4.78, 5) is 16.2. The van der Waals surface area contributed by atoms with Crippen molar-refractivity contribution < 1.29 is 4.79 Å². The van der Waals surface area contributed by atoms with Gasteiger partial charge in [0.1, 0.15) is 6.29 Å². The van der Waals surface area contributed by atoms with Crippen LogP contribution in [0.5, 0.6) is 0 Å². The molecule has 0 amide bonds. The molecule has 0 spiro atoms. The molecule has 0 saturated carbocycles. The maximum atomic E-state index is 10.8. The number of aldehydes is 1. The zero-order valence-corrected chi connectivity index (χ0v) is 15.3. The lowest BCUT2D eigenvalue weighted by atomic mass is 9.87. The summed E-state index contributed by atoms with van der Waals surface area (Å²) in [6, 6.07) is 8.99. The Morgan fingerprint density at radius 1 is 1.21 bits per heavy atom. The van der Waals surface area contributed by atoms with Gasteiger partial charge in [0.15, 0.2) is 0 Å². The largest absolute Gasteiger partial charge is 0.317 e. The summed E-state index contributed by atoms with van der Waals surface area (Å²) in [5.41, 5.74) is 2.41. The third-order valence-corrected chi connectivity index (χ3v) is 6.18. The summed E-state index contributed by atoms with van der Waals surface area (Å²) in [5.74, 6) is 0. The van der Waals surface area contributed by atoms with E-state index < -0.39 is 0 Å². The second kappa shape index (κ2) is 7.34. The lowest BCUT2D eigenvalue weighted by Crippen LogP contribution is -2.61. The van der Waals surface area contributed by atoms with E-state index in [-0.39, 0.29) is 0 Å². The molecular formula is C20H31N3O. The number of carbonyl (C=O) groups is 1. The van der Waals surface area contributed by atoms with E-state index in [0.29, 0.717) is 17.6 Å². The molecule has 132 valence electrons. The first kappa shape index (κ1) is 17.6. The van der Waals surface area contributed by atoms with Crippen molar-refractivity contribution in [2.75, 3.05) is 32.7 Å². The zero-order chi connectivity index (χ0) is 17.2. The average molecular weight is 329 g/mol. The summed E-state index contributed by atoms with van der Waals surface area (Å²) >= 11 is 0. The minimum absolute atomic E-state index is 0.362. The highest BCUT2D eigenvalue weighted by molar-refractivity contribution is 5.74. The van der Waals surface area contributed by atoms with Crippen LogP contribution in [0.4, 0.5) is 0 Å². The minimum atomic E-state index is 0.362. The van der Waals surface area contributed by atoms with Gasteiger partial charge >= 0.3 is 0 Å². The SMILES string of the molecule is C[C@H]1CN(C2(C)CCNCC2)CCN1[C@@H](C)c1ccc(C=O)cc1. The minimum Gasteiger partial charge on any atom is -0.317 e. The van der Waals surface area contributed by atoms with Gasteiger partial charge in [0.25, 0.3) is 0 Å². The van der Waals surface area contributed by atoms with Gasteiger partial charge in [-0.25, -0.2) is 0 Å².